The lowest BCUT2D eigenvalue weighted by Crippen LogP contribution is -2.32. The first-order chi connectivity index (χ1) is 14.2. The van der Waals surface area contributed by atoms with E-state index in [2.05, 4.69) is 15.0 Å². The van der Waals surface area contributed by atoms with Gasteiger partial charge in [0, 0.05) is 30.8 Å². The van der Waals surface area contributed by atoms with E-state index in [0.29, 0.717) is 21.6 Å². The fourth-order valence-electron chi connectivity index (χ4n) is 2.72. The van der Waals surface area contributed by atoms with Crippen LogP contribution >= 0.6 is 35.0 Å². The van der Waals surface area contributed by atoms with Gasteiger partial charge in [-0.2, -0.15) is 0 Å². The summed E-state index contributed by atoms with van der Waals surface area (Å²) in [5, 5.41) is 2.97. The van der Waals surface area contributed by atoms with Crippen LogP contribution in [0, 0.1) is 0 Å². The number of amidine groups is 1. The van der Waals surface area contributed by atoms with E-state index in [1.165, 1.54) is 31.3 Å². The van der Waals surface area contributed by atoms with E-state index in [1.807, 2.05) is 0 Å². The number of para-hydroxylation sites is 1. The molecule has 2 aromatic rings. The predicted octanol–water partition coefficient (Wildman–Crippen LogP) is 4.97. The minimum absolute atomic E-state index is 0.00694. The Bertz CT molecular complexity index is 984. The summed E-state index contributed by atoms with van der Waals surface area (Å²) in [5.41, 5.74) is -2.94. The summed E-state index contributed by atoms with van der Waals surface area (Å²) >= 11 is 11.9. The molecule has 0 aromatic heterocycles. The van der Waals surface area contributed by atoms with Crippen molar-refractivity contribution in [1.82, 2.24) is 0 Å². The summed E-state index contributed by atoms with van der Waals surface area (Å²) in [7, 11) is 1.52. The second kappa shape index (κ2) is 9.20. The Balaban J connectivity index is 1.67. The molecule has 11 heteroatoms. The van der Waals surface area contributed by atoms with Crippen LogP contribution in [-0.2, 0) is 9.59 Å². The molecule has 0 bridgehead atoms. The van der Waals surface area contributed by atoms with E-state index >= 15 is 0 Å². The van der Waals surface area contributed by atoms with Crippen molar-refractivity contribution in [1.29, 1.82) is 0 Å². The fourth-order valence-corrected chi connectivity index (χ4v) is 4.01. The lowest BCUT2D eigenvalue weighted by molar-refractivity contribution is -0.121. The molecule has 1 fully saturated rings. The Morgan fingerprint density at radius 2 is 1.90 bits per heavy atom. The Morgan fingerprint density at radius 3 is 2.50 bits per heavy atom. The van der Waals surface area contributed by atoms with Crippen LogP contribution in [0.5, 0.6) is 5.75 Å². The van der Waals surface area contributed by atoms with Gasteiger partial charge in [0.25, 0.3) is 0 Å². The molecular weight excluding hydrogens is 459 g/mol. The number of anilines is 2. The number of hydrogen-bond acceptors (Lipinski definition) is 5. The Morgan fingerprint density at radius 1 is 1.23 bits per heavy atom. The van der Waals surface area contributed by atoms with Crippen molar-refractivity contribution in [3.8, 4) is 5.75 Å². The Hall–Kier alpha value is -2.36. The van der Waals surface area contributed by atoms with Crippen molar-refractivity contribution in [3.05, 3.63) is 53.6 Å². The second-order valence-corrected chi connectivity index (χ2v) is 8.09. The summed E-state index contributed by atoms with van der Waals surface area (Å²) in [5.74, 6) is -0.867. The van der Waals surface area contributed by atoms with Crippen molar-refractivity contribution in [2.75, 3.05) is 17.3 Å². The Kier molecular flexibility index (Phi) is 6.84. The summed E-state index contributed by atoms with van der Waals surface area (Å²) in [6.07, 6.45) is -0.00694. The zero-order chi connectivity index (χ0) is 21.9. The molecule has 1 saturated heterocycles. The summed E-state index contributed by atoms with van der Waals surface area (Å²) in [4.78, 5) is 30.4. The van der Waals surface area contributed by atoms with Gasteiger partial charge in [-0.25, -0.2) is 4.90 Å². The van der Waals surface area contributed by atoms with E-state index in [-0.39, 0.29) is 18.1 Å². The quantitative estimate of drug-likeness (QED) is 0.287. The number of imide groups is 1. The highest BCUT2D eigenvalue weighted by Gasteiger charge is 2.41. The molecule has 30 heavy (non-hydrogen) atoms. The van der Waals surface area contributed by atoms with E-state index in [1.54, 1.807) is 24.3 Å². The van der Waals surface area contributed by atoms with E-state index in [9.17, 15) is 18.4 Å². The number of thioether (sulfide) groups is 1. The fraction of sp³-hybridized carbons (Fsp3) is 0.211. The van der Waals surface area contributed by atoms with Crippen molar-refractivity contribution in [2.45, 2.75) is 17.2 Å². The number of halogens is 4. The number of carbonyl (C=O) groups is 2. The highest BCUT2D eigenvalue weighted by Crippen LogP contribution is 2.34. The second-order valence-electron chi connectivity index (χ2n) is 6.06. The van der Waals surface area contributed by atoms with Crippen molar-refractivity contribution < 1.29 is 23.1 Å². The summed E-state index contributed by atoms with van der Waals surface area (Å²) in [6.45, 7) is 0. The van der Waals surface area contributed by atoms with Gasteiger partial charge in [0.2, 0.25) is 11.8 Å². The maximum absolute atomic E-state index is 12.8. The summed E-state index contributed by atoms with van der Waals surface area (Å²) < 4.78 is 29.6. The van der Waals surface area contributed by atoms with Crippen LogP contribution < -0.4 is 15.0 Å². The zero-order valence-electron chi connectivity index (χ0n) is 15.4. The number of nitrogens with zero attached hydrogens (tertiary/aromatic N) is 2. The van der Waals surface area contributed by atoms with Gasteiger partial charge in [-0.1, -0.05) is 35.5 Å². The number of benzene rings is 2. The number of rotatable bonds is 5. The number of aliphatic imine (C=N–C) groups is 1. The van der Waals surface area contributed by atoms with Gasteiger partial charge in [-0.15, -0.1) is 8.78 Å². The van der Waals surface area contributed by atoms with E-state index in [4.69, 9.17) is 23.2 Å². The average molecular weight is 474 g/mol. The molecule has 0 aliphatic carbocycles. The molecule has 1 aliphatic rings. The standard InChI is InChI=1S/C19H15Cl2F2N3O3S/c1-24-18(25-11-6-8-12(9-7-11)29-19(21,22)23)30-15-10-16(27)26(17(15)28)14-5-3-2-4-13(14)20/h2-9,15H,10H2,1H3,(H,24,25)/t15-/m0/s1. The topological polar surface area (TPSA) is 71.0 Å². The molecule has 6 nitrogen and oxygen atoms in total. The highest BCUT2D eigenvalue weighted by atomic mass is 35.5. The van der Waals surface area contributed by atoms with Gasteiger partial charge in [-0.3, -0.25) is 14.6 Å². The molecule has 1 atom stereocenters. The number of ether oxygens (including phenoxy) is 1. The third-order valence-corrected chi connectivity index (χ3v) is 5.55. The van der Waals surface area contributed by atoms with Gasteiger partial charge in [0.15, 0.2) is 5.17 Å². The molecule has 2 aromatic carbocycles. The predicted molar refractivity (Wildman–Crippen MR) is 115 cm³/mol. The molecule has 1 aliphatic heterocycles. The maximum atomic E-state index is 12.8. The molecule has 158 valence electrons. The monoisotopic (exact) mass is 473 g/mol. The van der Waals surface area contributed by atoms with Crippen molar-refractivity contribution in [3.63, 3.8) is 0 Å². The van der Waals surface area contributed by atoms with Crippen LogP contribution in [0.15, 0.2) is 53.5 Å². The maximum Gasteiger partial charge on any atom is 0.487 e. The smallest absolute Gasteiger partial charge is 0.420 e. The minimum Gasteiger partial charge on any atom is -0.420 e. The minimum atomic E-state index is -3.80. The van der Waals surface area contributed by atoms with Gasteiger partial charge < -0.3 is 10.1 Å². The largest absolute Gasteiger partial charge is 0.487 e. The van der Waals surface area contributed by atoms with Crippen LogP contribution in [0.25, 0.3) is 0 Å². The van der Waals surface area contributed by atoms with Crippen LogP contribution in [0.3, 0.4) is 0 Å². The van der Waals surface area contributed by atoms with Crippen LogP contribution in [0.1, 0.15) is 6.42 Å². The first-order valence-corrected chi connectivity index (χ1v) is 10.2. The molecular formula is C19H15Cl2F2N3O3S. The first kappa shape index (κ1) is 22.3. The third-order valence-electron chi connectivity index (χ3n) is 3.99. The van der Waals surface area contributed by atoms with E-state index < -0.39 is 16.7 Å². The van der Waals surface area contributed by atoms with Gasteiger partial charge in [0.05, 0.1) is 10.7 Å². The number of hydrogen-bond donors (Lipinski definition) is 1. The summed E-state index contributed by atoms with van der Waals surface area (Å²) in [6, 6.07) is 12.2. The number of alkyl halides is 3. The molecule has 1 N–H and O–H groups in total. The van der Waals surface area contributed by atoms with Crippen LogP contribution in [0.4, 0.5) is 20.2 Å². The normalized spacial score (nSPS) is 17.4. The van der Waals surface area contributed by atoms with Gasteiger partial charge in [0.1, 0.15) is 11.0 Å². The molecule has 0 unspecified atom stereocenters. The van der Waals surface area contributed by atoms with Crippen molar-refractivity contribution >= 4 is 63.3 Å². The molecule has 3 rings (SSSR count). The highest BCUT2D eigenvalue weighted by molar-refractivity contribution is 8.15. The molecule has 1 heterocycles. The Labute approximate surface area is 185 Å². The van der Waals surface area contributed by atoms with Crippen LogP contribution in [0.2, 0.25) is 5.02 Å². The molecule has 0 radical (unpaired) electrons. The van der Waals surface area contributed by atoms with Crippen molar-refractivity contribution in [2.24, 2.45) is 4.99 Å². The van der Waals surface area contributed by atoms with Gasteiger partial charge >= 0.3 is 5.57 Å². The number of nitrogens with one attached hydrogen (secondary N) is 1. The zero-order valence-corrected chi connectivity index (χ0v) is 17.8. The SMILES string of the molecule is CN=C(Nc1ccc(OC(F)(F)Cl)cc1)S[C@H]1CC(=O)N(c2ccccc2Cl)C1=O. The lowest BCUT2D eigenvalue weighted by atomic mass is 10.3. The molecule has 2 amide bonds. The first-order valence-electron chi connectivity index (χ1n) is 8.55. The molecule has 0 saturated carbocycles. The molecule has 0 spiro atoms. The average Bonchev–Trinajstić information content (AvgIpc) is 2.95. The van der Waals surface area contributed by atoms with Crippen LogP contribution in [-0.4, -0.2) is 34.8 Å². The number of carbonyl (C=O) groups excluding carboxylic acids is 2. The number of amides is 2. The lowest BCUT2D eigenvalue weighted by Gasteiger charge is -2.17. The van der Waals surface area contributed by atoms with Gasteiger partial charge in [-0.05, 0) is 36.4 Å². The van der Waals surface area contributed by atoms with E-state index in [0.717, 1.165) is 16.7 Å². The third kappa shape index (κ3) is 5.41.